The van der Waals surface area contributed by atoms with Crippen LogP contribution in [-0.2, 0) is 19.1 Å². The van der Waals surface area contributed by atoms with Gasteiger partial charge in [-0.15, -0.1) is 0 Å². The lowest BCUT2D eigenvalue weighted by molar-refractivity contribution is -0.122. The minimum absolute atomic E-state index is 0.00933. The van der Waals surface area contributed by atoms with Crippen molar-refractivity contribution in [3.8, 4) is 0 Å². The molecule has 0 aliphatic carbocycles. The van der Waals surface area contributed by atoms with E-state index in [1.807, 2.05) is 0 Å². The van der Waals surface area contributed by atoms with Crippen LogP contribution in [0.1, 0.15) is 20.3 Å². The van der Waals surface area contributed by atoms with E-state index in [1.54, 1.807) is 0 Å². The molecule has 1 heterocycles. The normalized spacial score (nSPS) is 28.4. The summed E-state index contributed by atoms with van der Waals surface area (Å²) in [4.78, 5) is 11.1. The number of Topliss-reactive ketones (excluding diaryl/α,β-unsaturated/α-hetero) is 1. The van der Waals surface area contributed by atoms with E-state index in [0.29, 0.717) is 0 Å². The van der Waals surface area contributed by atoms with Crippen LogP contribution in [0.3, 0.4) is 0 Å². The van der Waals surface area contributed by atoms with Gasteiger partial charge in [-0.2, -0.15) is 8.42 Å². The third-order valence-corrected chi connectivity index (χ3v) is 3.82. The zero-order valence-corrected chi connectivity index (χ0v) is 7.27. The Hall–Kier alpha value is -0.420. The standard InChI is InChI=1S/C6H10O4S/c1-6(2)5(7)3-4-10-11(6,8)9/h3-4H2,1-2H3. The van der Waals surface area contributed by atoms with Crippen molar-refractivity contribution < 1.29 is 17.4 Å². The predicted octanol–water partition coefficient (Wildman–Crippen LogP) is 0.0842. The van der Waals surface area contributed by atoms with Crippen molar-refractivity contribution >= 4 is 15.9 Å². The zero-order chi connectivity index (χ0) is 8.70. The van der Waals surface area contributed by atoms with Crippen LogP contribution in [0.5, 0.6) is 0 Å². The molecule has 1 saturated heterocycles. The Bertz CT molecular complexity index is 275. The van der Waals surface area contributed by atoms with Crippen LogP contribution in [0.25, 0.3) is 0 Å². The fraction of sp³-hybridized carbons (Fsp3) is 0.833. The van der Waals surface area contributed by atoms with Gasteiger partial charge >= 0.3 is 0 Å². The maximum absolute atomic E-state index is 11.1. The van der Waals surface area contributed by atoms with Gasteiger partial charge in [0.05, 0.1) is 6.61 Å². The molecule has 1 rings (SSSR count). The highest BCUT2D eigenvalue weighted by Gasteiger charge is 2.45. The van der Waals surface area contributed by atoms with Gasteiger partial charge in [0.1, 0.15) is 4.75 Å². The van der Waals surface area contributed by atoms with Gasteiger partial charge in [0.15, 0.2) is 5.78 Å². The summed E-state index contributed by atoms with van der Waals surface area (Å²) >= 11 is 0. The zero-order valence-electron chi connectivity index (χ0n) is 6.46. The molecule has 4 nitrogen and oxygen atoms in total. The molecule has 5 heteroatoms. The highest BCUT2D eigenvalue weighted by molar-refractivity contribution is 7.89. The van der Waals surface area contributed by atoms with Gasteiger partial charge < -0.3 is 0 Å². The van der Waals surface area contributed by atoms with Gasteiger partial charge in [-0.1, -0.05) is 0 Å². The van der Waals surface area contributed by atoms with E-state index in [9.17, 15) is 13.2 Å². The molecular formula is C6H10O4S. The summed E-state index contributed by atoms with van der Waals surface area (Å²) in [6, 6.07) is 0. The number of carbonyl (C=O) groups excluding carboxylic acids is 1. The molecule has 1 fully saturated rings. The second kappa shape index (κ2) is 2.28. The molecule has 0 aromatic rings. The lowest BCUT2D eigenvalue weighted by atomic mass is 10.1. The Kier molecular flexibility index (Phi) is 1.80. The molecule has 0 unspecified atom stereocenters. The molecule has 1 aliphatic rings. The quantitative estimate of drug-likeness (QED) is 0.493. The van der Waals surface area contributed by atoms with Crippen LogP contribution in [0.2, 0.25) is 0 Å². The van der Waals surface area contributed by atoms with Crippen LogP contribution >= 0.6 is 0 Å². The van der Waals surface area contributed by atoms with Crippen molar-refractivity contribution in [2.45, 2.75) is 25.0 Å². The molecular weight excluding hydrogens is 168 g/mol. The Labute approximate surface area is 65.7 Å². The molecule has 0 atom stereocenters. The monoisotopic (exact) mass is 178 g/mol. The number of hydrogen-bond donors (Lipinski definition) is 0. The van der Waals surface area contributed by atoms with Gasteiger partial charge in [0, 0.05) is 6.42 Å². The van der Waals surface area contributed by atoms with E-state index in [4.69, 9.17) is 0 Å². The first-order chi connectivity index (χ1) is 4.88. The summed E-state index contributed by atoms with van der Waals surface area (Å²) in [7, 11) is -3.66. The molecule has 0 amide bonds. The molecule has 0 aromatic heterocycles. The SMILES string of the molecule is CC1(C)C(=O)CCOS1(=O)=O. The van der Waals surface area contributed by atoms with Crippen molar-refractivity contribution in [3.63, 3.8) is 0 Å². The van der Waals surface area contributed by atoms with Crippen LogP contribution in [0.4, 0.5) is 0 Å². The number of ketones is 1. The minimum atomic E-state index is -3.66. The molecule has 0 N–H and O–H groups in total. The van der Waals surface area contributed by atoms with Crippen molar-refractivity contribution in [3.05, 3.63) is 0 Å². The second-order valence-electron chi connectivity index (χ2n) is 2.96. The predicted molar refractivity (Wildman–Crippen MR) is 38.6 cm³/mol. The highest BCUT2D eigenvalue weighted by atomic mass is 32.2. The summed E-state index contributed by atoms with van der Waals surface area (Å²) in [6.45, 7) is 2.72. The second-order valence-corrected chi connectivity index (χ2v) is 5.12. The van der Waals surface area contributed by atoms with Crippen molar-refractivity contribution in [1.29, 1.82) is 0 Å². The highest BCUT2D eigenvalue weighted by Crippen LogP contribution is 2.25. The fourth-order valence-electron chi connectivity index (χ4n) is 0.832. The summed E-state index contributed by atoms with van der Waals surface area (Å²) < 4.78 is 25.3. The van der Waals surface area contributed by atoms with Crippen LogP contribution in [0, 0.1) is 0 Å². The molecule has 0 spiro atoms. The molecule has 0 radical (unpaired) electrons. The summed E-state index contributed by atoms with van der Waals surface area (Å²) in [5.41, 5.74) is 0. The van der Waals surface area contributed by atoms with Crippen LogP contribution < -0.4 is 0 Å². The van der Waals surface area contributed by atoms with E-state index in [2.05, 4.69) is 4.18 Å². The largest absolute Gasteiger partial charge is 0.298 e. The molecule has 1 aliphatic heterocycles. The smallest absolute Gasteiger partial charge is 0.279 e. The maximum atomic E-state index is 11.1. The van der Waals surface area contributed by atoms with E-state index in [1.165, 1.54) is 13.8 Å². The summed E-state index contributed by atoms with van der Waals surface area (Å²) in [5, 5.41) is 0. The third kappa shape index (κ3) is 1.18. The van der Waals surface area contributed by atoms with E-state index in [-0.39, 0.29) is 18.8 Å². The number of rotatable bonds is 0. The maximum Gasteiger partial charge on any atom is 0.279 e. The molecule has 64 valence electrons. The summed E-state index contributed by atoms with van der Waals surface area (Å²) in [5.74, 6) is -0.274. The lowest BCUT2D eigenvalue weighted by Crippen LogP contribution is -2.46. The minimum Gasteiger partial charge on any atom is -0.298 e. The van der Waals surface area contributed by atoms with Crippen molar-refractivity contribution in [2.24, 2.45) is 0 Å². The Balaban J connectivity index is 3.12. The fourth-order valence-corrected chi connectivity index (χ4v) is 1.81. The molecule has 0 saturated carbocycles. The lowest BCUT2D eigenvalue weighted by Gasteiger charge is -2.26. The molecule has 0 bridgehead atoms. The Morgan fingerprint density at radius 3 is 2.36 bits per heavy atom. The van der Waals surface area contributed by atoms with Crippen molar-refractivity contribution in [2.75, 3.05) is 6.61 Å². The summed E-state index contributed by atoms with van der Waals surface area (Å²) in [6.07, 6.45) is 0.187. The van der Waals surface area contributed by atoms with Gasteiger partial charge in [-0.05, 0) is 13.8 Å². The average Bonchev–Trinajstić information content (AvgIpc) is 1.84. The molecule has 0 aromatic carbocycles. The Morgan fingerprint density at radius 1 is 1.45 bits per heavy atom. The van der Waals surface area contributed by atoms with Crippen LogP contribution in [-0.4, -0.2) is 25.6 Å². The van der Waals surface area contributed by atoms with E-state index < -0.39 is 14.9 Å². The topological polar surface area (TPSA) is 60.4 Å². The first kappa shape index (κ1) is 8.67. The number of carbonyl (C=O) groups is 1. The van der Waals surface area contributed by atoms with Gasteiger partial charge in [0.25, 0.3) is 10.1 Å². The molecule has 11 heavy (non-hydrogen) atoms. The third-order valence-electron chi connectivity index (χ3n) is 1.86. The van der Waals surface area contributed by atoms with Gasteiger partial charge in [-0.3, -0.25) is 8.98 Å². The van der Waals surface area contributed by atoms with E-state index >= 15 is 0 Å². The van der Waals surface area contributed by atoms with E-state index in [0.717, 1.165) is 0 Å². The Morgan fingerprint density at radius 2 is 2.00 bits per heavy atom. The van der Waals surface area contributed by atoms with Crippen LogP contribution in [0.15, 0.2) is 0 Å². The average molecular weight is 178 g/mol. The first-order valence-electron chi connectivity index (χ1n) is 3.30. The van der Waals surface area contributed by atoms with Gasteiger partial charge in [0.2, 0.25) is 0 Å². The first-order valence-corrected chi connectivity index (χ1v) is 4.71. The van der Waals surface area contributed by atoms with Gasteiger partial charge in [-0.25, -0.2) is 0 Å². The van der Waals surface area contributed by atoms with Crippen molar-refractivity contribution in [1.82, 2.24) is 0 Å². The number of hydrogen-bond acceptors (Lipinski definition) is 4.